The van der Waals surface area contributed by atoms with Crippen molar-refractivity contribution in [2.24, 2.45) is 0 Å². The van der Waals surface area contributed by atoms with Crippen LogP contribution < -0.4 is 10.6 Å². The summed E-state index contributed by atoms with van der Waals surface area (Å²) < 4.78 is 5.36. The molecule has 1 atom stereocenters. The molecule has 1 aromatic carbocycles. The second kappa shape index (κ2) is 8.29. The number of carbonyl (C=O) groups is 2. The molecule has 0 aliphatic carbocycles. The highest BCUT2D eigenvalue weighted by molar-refractivity contribution is 7.11. The molecule has 2 heterocycles. The van der Waals surface area contributed by atoms with E-state index in [-0.39, 0.29) is 18.0 Å². The van der Waals surface area contributed by atoms with Crippen molar-refractivity contribution in [1.29, 1.82) is 0 Å². The van der Waals surface area contributed by atoms with Gasteiger partial charge in [0.25, 0.3) is 5.91 Å². The van der Waals surface area contributed by atoms with Crippen LogP contribution in [0.25, 0.3) is 0 Å². The lowest BCUT2D eigenvalue weighted by Crippen LogP contribution is -2.30. The minimum atomic E-state index is -0.363. The summed E-state index contributed by atoms with van der Waals surface area (Å²) >= 11 is 1.57. The highest BCUT2D eigenvalue weighted by Gasteiger charge is 2.23. The number of thiazole rings is 1. The molecule has 1 aliphatic rings. The summed E-state index contributed by atoms with van der Waals surface area (Å²) in [6.45, 7) is 3.08. The van der Waals surface area contributed by atoms with Gasteiger partial charge in [0.05, 0.1) is 11.6 Å². The number of hydrogen-bond acceptors (Lipinski definition) is 5. The van der Waals surface area contributed by atoms with E-state index in [4.69, 9.17) is 4.74 Å². The molecule has 7 nitrogen and oxygen atoms in total. The second-order valence-corrected chi connectivity index (χ2v) is 7.52. The lowest BCUT2D eigenvalue weighted by atomic mass is 10.2. The average molecular weight is 374 g/mol. The van der Waals surface area contributed by atoms with E-state index in [1.165, 1.54) is 0 Å². The Balaban J connectivity index is 1.51. The molecule has 138 valence electrons. The Morgan fingerprint density at radius 1 is 1.27 bits per heavy atom. The van der Waals surface area contributed by atoms with Crippen LogP contribution in [0.2, 0.25) is 0 Å². The van der Waals surface area contributed by atoms with E-state index in [1.807, 2.05) is 6.92 Å². The molecule has 0 radical (unpaired) electrons. The number of anilines is 2. The van der Waals surface area contributed by atoms with E-state index < -0.39 is 0 Å². The molecule has 3 rings (SSSR count). The fourth-order valence-corrected chi connectivity index (χ4v) is 3.50. The topological polar surface area (TPSA) is 83.6 Å². The lowest BCUT2D eigenvalue weighted by molar-refractivity contribution is -0.124. The Labute approximate surface area is 156 Å². The highest BCUT2D eigenvalue weighted by Crippen LogP contribution is 2.18. The molecule has 1 saturated heterocycles. The van der Waals surface area contributed by atoms with E-state index in [9.17, 15) is 9.59 Å². The Hall–Kier alpha value is -2.45. The smallest absolute Gasteiger partial charge is 0.321 e. The zero-order valence-corrected chi connectivity index (χ0v) is 15.6. The number of carbonyl (C=O) groups excluding carboxylic acids is 2. The van der Waals surface area contributed by atoms with Crippen molar-refractivity contribution in [1.82, 2.24) is 9.88 Å². The van der Waals surface area contributed by atoms with Crippen molar-refractivity contribution in [2.75, 3.05) is 24.3 Å². The van der Waals surface area contributed by atoms with Gasteiger partial charge in [0, 0.05) is 36.1 Å². The molecule has 0 saturated carbocycles. The van der Waals surface area contributed by atoms with Crippen LogP contribution in [0.4, 0.5) is 16.2 Å². The van der Waals surface area contributed by atoms with E-state index in [2.05, 4.69) is 15.6 Å². The van der Waals surface area contributed by atoms with Gasteiger partial charge in [0.2, 0.25) is 0 Å². The van der Waals surface area contributed by atoms with Gasteiger partial charge in [-0.1, -0.05) is 0 Å². The van der Waals surface area contributed by atoms with Crippen molar-refractivity contribution < 1.29 is 14.3 Å². The van der Waals surface area contributed by atoms with Crippen LogP contribution in [-0.2, 0) is 16.1 Å². The minimum absolute atomic E-state index is 0.126. The van der Waals surface area contributed by atoms with Gasteiger partial charge in [-0.05, 0) is 44.0 Å². The maximum Gasteiger partial charge on any atom is 0.321 e. The van der Waals surface area contributed by atoms with Gasteiger partial charge in [0.15, 0.2) is 0 Å². The molecule has 1 aromatic heterocycles. The number of benzene rings is 1. The van der Waals surface area contributed by atoms with E-state index in [1.54, 1.807) is 53.7 Å². The summed E-state index contributed by atoms with van der Waals surface area (Å²) in [7, 11) is 1.74. The van der Waals surface area contributed by atoms with Crippen molar-refractivity contribution in [2.45, 2.75) is 32.4 Å². The number of ether oxygens (including phenoxy) is 1. The van der Waals surface area contributed by atoms with Crippen LogP contribution in [0, 0.1) is 6.92 Å². The van der Waals surface area contributed by atoms with Crippen molar-refractivity contribution in [3.8, 4) is 0 Å². The van der Waals surface area contributed by atoms with Gasteiger partial charge in [-0.15, -0.1) is 11.3 Å². The van der Waals surface area contributed by atoms with E-state index in [0.29, 0.717) is 24.5 Å². The third-order valence-corrected chi connectivity index (χ3v) is 4.93. The van der Waals surface area contributed by atoms with Crippen LogP contribution in [0.3, 0.4) is 0 Å². The van der Waals surface area contributed by atoms with Crippen LogP contribution in [0.15, 0.2) is 30.5 Å². The maximum absolute atomic E-state index is 12.3. The van der Waals surface area contributed by atoms with Gasteiger partial charge in [-0.2, -0.15) is 0 Å². The number of amides is 3. The molecule has 3 amide bonds. The molecular weight excluding hydrogens is 352 g/mol. The third-order valence-electron chi connectivity index (χ3n) is 4.03. The first-order valence-corrected chi connectivity index (χ1v) is 9.29. The quantitative estimate of drug-likeness (QED) is 0.842. The van der Waals surface area contributed by atoms with Crippen molar-refractivity contribution in [3.05, 3.63) is 40.3 Å². The fourth-order valence-electron chi connectivity index (χ4n) is 2.65. The fraction of sp³-hybridized carbons (Fsp3) is 0.389. The predicted molar refractivity (Wildman–Crippen MR) is 101 cm³/mol. The van der Waals surface area contributed by atoms with Crippen LogP contribution in [0.1, 0.15) is 22.7 Å². The summed E-state index contributed by atoms with van der Waals surface area (Å²) in [5.41, 5.74) is 1.34. The Bertz CT molecular complexity index is 769. The molecule has 0 bridgehead atoms. The first kappa shape index (κ1) is 18.3. The maximum atomic E-state index is 12.3. The van der Waals surface area contributed by atoms with E-state index >= 15 is 0 Å². The lowest BCUT2D eigenvalue weighted by Gasteiger charge is -2.17. The van der Waals surface area contributed by atoms with Crippen LogP contribution >= 0.6 is 11.3 Å². The number of hydrogen-bond donors (Lipinski definition) is 2. The zero-order chi connectivity index (χ0) is 18.5. The largest absolute Gasteiger partial charge is 0.368 e. The highest BCUT2D eigenvalue weighted by atomic mass is 32.1. The van der Waals surface area contributed by atoms with E-state index in [0.717, 1.165) is 22.7 Å². The zero-order valence-electron chi connectivity index (χ0n) is 14.8. The van der Waals surface area contributed by atoms with Crippen LogP contribution in [-0.4, -0.2) is 41.6 Å². The Morgan fingerprint density at radius 2 is 1.96 bits per heavy atom. The number of urea groups is 1. The standard InChI is InChI=1S/C18H22N4O3S/c1-12-19-10-15(26-12)11-22(2)18(24)21-14-7-5-13(6-8-14)20-17(23)16-4-3-9-25-16/h5-8,10,16H,3-4,9,11H2,1-2H3,(H,20,23)(H,21,24). The molecule has 2 aromatic rings. The summed E-state index contributed by atoms with van der Waals surface area (Å²) in [5, 5.41) is 6.65. The molecular formula is C18H22N4O3S. The minimum Gasteiger partial charge on any atom is -0.368 e. The van der Waals surface area contributed by atoms with Crippen LogP contribution in [0.5, 0.6) is 0 Å². The Morgan fingerprint density at radius 3 is 2.54 bits per heavy atom. The summed E-state index contributed by atoms with van der Waals surface area (Å²) in [4.78, 5) is 31.1. The molecule has 1 fully saturated rings. The van der Waals surface area contributed by atoms with Crippen molar-refractivity contribution in [3.63, 3.8) is 0 Å². The van der Waals surface area contributed by atoms with Gasteiger partial charge < -0.3 is 20.3 Å². The summed E-state index contributed by atoms with van der Waals surface area (Å²) in [6, 6.07) is 6.83. The number of nitrogens with one attached hydrogen (secondary N) is 2. The monoisotopic (exact) mass is 374 g/mol. The molecule has 2 N–H and O–H groups in total. The Kier molecular flexibility index (Phi) is 5.85. The number of rotatable bonds is 5. The number of aryl methyl sites for hydroxylation is 1. The second-order valence-electron chi connectivity index (χ2n) is 6.20. The molecule has 1 aliphatic heterocycles. The first-order chi connectivity index (χ1) is 12.5. The first-order valence-electron chi connectivity index (χ1n) is 8.47. The van der Waals surface area contributed by atoms with Gasteiger partial charge in [-0.25, -0.2) is 9.78 Å². The number of nitrogens with zero attached hydrogens (tertiary/aromatic N) is 2. The number of aromatic nitrogens is 1. The van der Waals surface area contributed by atoms with Crippen molar-refractivity contribution >= 4 is 34.6 Å². The summed E-state index contributed by atoms with van der Waals surface area (Å²) in [5.74, 6) is -0.126. The molecule has 26 heavy (non-hydrogen) atoms. The summed E-state index contributed by atoms with van der Waals surface area (Å²) in [6.07, 6.45) is 3.09. The predicted octanol–water partition coefficient (Wildman–Crippen LogP) is 3.23. The van der Waals surface area contributed by atoms with Gasteiger partial charge >= 0.3 is 6.03 Å². The normalized spacial score (nSPS) is 16.3. The molecule has 1 unspecified atom stereocenters. The average Bonchev–Trinajstić information content (AvgIpc) is 3.28. The third kappa shape index (κ3) is 4.80. The molecule has 8 heteroatoms. The molecule has 0 spiro atoms. The van der Waals surface area contributed by atoms with Gasteiger partial charge in [0.1, 0.15) is 6.10 Å². The SMILES string of the molecule is Cc1ncc(CN(C)C(=O)Nc2ccc(NC(=O)C3CCCO3)cc2)s1. The van der Waals surface area contributed by atoms with Gasteiger partial charge in [-0.3, -0.25) is 4.79 Å².